The lowest BCUT2D eigenvalue weighted by Gasteiger charge is -2.17. The first-order valence-corrected chi connectivity index (χ1v) is 13.7. The maximum absolute atomic E-state index is 13.4. The van der Waals surface area contributed by atoms with Gasteiger partial charge in [-0.25, -0.2) is 12.4 Å². The van der Waals surface area contributed by atoms with Gasteiger partial charge in [0.25, 0.3) is 0 Å². The first kappa shape index (κ1) is 25.9. The van der Waals surface area contributed by atoms with Crippen LogP contribution in [0.2, 0.25) is 5.02 Å². The number of nitriles is 1. The van der Waals surface area contributed by atoms with Crippen LogP contribution in [0.3, 0.4) is 0 Å². The van der Waals surface area contributed by atoms with Crippen molar-refractivity contribution in [3.63, 3.8) is 0 Å². The van der Waals surface area contributed by atoms with Crippen LogP contribution in [-0.4, -0.2) is 31.5 Å². The Morgan fingerprint density at radius 2 is 1.91 bits per heavy atom. The summed E-state index contributed by atoms with van der Waals surface area (Å²) in [6.45, 7) is 3.84. The fourth-order valence-electron chi connectivity index (χ4n) is 3.67. The molecule has 0 fully saturated rings. The third kappa shape index (κ3) is 5.32. The van der Waals surface area contributed by atoms with Crippen molar-refractivity contribution in [3.8, 4) is 6.07 Å². The highest BCUT2D eigenvalue weighted by molar-refractivity contribution is 7.90. The number of benzene rings is 2. The predicted molar refractivity (Wildman–Crippen MR) is 139 cm³/mol. The van der Waals surface area contributed by atoms with Crippen molar-refractivity contribution in [2.75, 3.05) is 12.9 Å². The first-order valence-electron chi connectivity index (χ1n) is 10.5. The molecule has 1 atom stereocenters. The van der Waals surface area contributed by atoms with Crippen molar-refractivity contribution in [1.82, 2.24) is 3.97 Å². The van der Waals surface area contributed by atoms with E-state index in [0.29, 0.717) is 38.4 Å². The fraction of sp³-hybridized carbons (Fsp3) is 0.200. The number of allylic oxidation sites excluding steroid dienone is 3. The lowest BCUT2D eigenvalue weighted by molar-refractivity contribution is 0.111. The lowest BCUT2D eigenvalue weighted by atomic mass is 10.2. The molecule has 3 aromatic rings. The molecule has 3 rings (SSSR count). The number of carbonyl (C=O) groups is 1. The molecular weight excluding hydrogens is 491 g/mol. The Bertz CT molecular complexity index is 1440. The zero-order chi connectivity index (χ0) is 24.9. The van der Waals surface area contributed by atoms with Gasteiger partial charge in [-0.05, 0) is 55.3 Å². The monoisotopic (exact) mass is 514 g/mol. The number of aldehydes is 1. The number of rotatable bonds is 9. The van der Waals surface area contributed by atoms with Crippen molar-refractivity contribution in [2.45, 2.75) is 20.3 Å². The van der Waals surface area contributed by atoms with Crippen LogP contribution < -0.4 is 10.6 Å². The predicted octanol–water partition coefficient (Wildman–Crippen LogP) is 4.98. The summed E-state index contributed by atoms with van der Waals surface area (Å²) in [5.41, 5.74) is 1.64. The van der Waals surface area contributed by atoms with Gasteiger partial charge >= 0.3 is 0 Å². The number of aromatic nitrogens is 1. The molecule has 0 N–H and O–H groups in total. The third-order valence-electron chi connectivity index (χ3n) is 5.02. The van der Waals surface area contributed by atoms with Crippen LogP contribution in [0.25, 0.3) is 10.9 Å². The third-order valence-corrected chi connectivity index (χ3v) is 8.79. The van der Waals surface area contributed by atoms with Crippen LogP contribution in [0.1, 0.15) is 35.0 Å². The van der Waals surface area contributed by atoms with Crippen LogP contribution in [0.5, 0.6) is 0 Å². The van der Waals surface area contributed by atoms with Gasteiger partial charge in [0.05, 0.1) is 31.1 Å². The lowest BCUT2D eigenvalue weighted by Crippen LogP contribution is -2.22. The smallest absolute Gasteiger partial charge is 0.243 e. The second kappa shape index (κ2) is 11.1. The van der Waals surface area contributed by atoms with Crippen LogP contribution in [0, 0.1) is 18.3 Å². The average Bonchev–Trinajstić information content (AvgIpc) is 3.13. The Morgan fingerprint density at radius 1 is 1.18 bits per heavy atom. The highest BCUT2D eigenvalue weighted by Crippen LogP contribution is 2.40. The topological polar surface area (TPSA) is 89.2 Å². The Labute approximate surface area is 206 Å². The maximum atomic E-state index is 13.4. The Hall–Kier alpha value is -2.75. The number of hydrogen-bond donors (Lipinski definition) is 0. The minimum Gasteiger partial charge on any atom is -0.353 e. The van der Waals surface area contributed by atoms with E-state index in [4.69, 9.17) is 16.1 Å². The van der Waals surface area contributed by atoms with E-state index in [2.05, 4.69) is 6.07 Å². The molecule has 6 nitrogen and oxygen atoms in total. The van der Waals surface area contributed by atoms with Gasteiger partial charge in [0.1, 0.15) is 5.69 Å². The summed E-state index contributed by atoms with van der Waals surface area (Å²) >= 11 is 6.27. The summed E-state index contributed by atoms with van der Waals surface area (Å²) in [6, 6.07) is 12.3. The molecule has 0 aliphatic heterocycles. The molecule has 1 aromatic heterocycles. The van der Waals surface area contributed by atoms with Crippen LogP contribution >= 0.6 is 19.7 Å². The second-order valence-corrected chi connectivity index (χ2v) is 11.7. The molecule has 0 aliphatic carbocycles. The van der Waals surface area contributed by atoms with Gasteiger partial charge in [0.15, 0.2) is 6.29 Å². The van der Waals surface area contributed by atoms with Crippen LogP contribution in [-0.2, 0) is 14.5 Å². The van der Waals surface area contributed by atoms with Crippen molar-refractivity contribution < 1.29 is 17.7 Å². The minimum absolute atomic E-state index is 0.0114. The van der Waals surface area contributed by atoms with Gasteiger partial charge in [-0.15, -0.1) is 0 Å². The molecule has 176 valence electrons. The van der Waals surface area contributed by atoms with E-state index in [9.17, 15) is 18.5 Å². The number of carbonyl (C=O) groups excluding carboxylic acids is 1. The molecular formula is C25H24ClN2O4PS. The molecule has 0 amide bonds. The summed E-state index contributed by atoms with van der Waals surface area (Å²) in [4.78, 5) is 12.4. The molecule has 1 unspecified atom stereocenters. The number of hydrogen-bond acceptors (Lipinski definition) is 5. The average molecular weight is 515 g/mol. The summed E-state index contributed by atoms with van der Waals surface area (Å²) in [7, 11) is -4.06. The molecule has 34 heavy (non-hydrogen) atoms. The molecule has 9 heteroatoms. The fourth-order valence-corrected chi connectivity index (χ4v) is 7.29. The van der Waals surface area contributed by atoms with Gasteiger partial charge in [-0.2, -0.15) is 5.26 Å². The van der Waals surface area contributed by atoms with E-state index in [1.807, 2.05) is 26.0 Å². The Kier molecular flexibility index (Phi) is 8.46. The van der Waals surface area contributed by atoms with E-state index in [1.165, 1.54) is 13.2 Å². The molecule has 0 saturated heterocycles. The molecule has 0 radical (unpaired) electrons. The summed E-state index contributed by atoms with van der Waals surface area (Å²) in [5.74, 6) is -0.290. The van der Waals surface area contributed by atoms with Gasteiger partial charge in [0, 0.05) is 28.1 Å². The van der Waals surface area contributed by atoms with E-state index in [0.717, 1.165) is 16.0 Å². The normalized spacial score (nSPS) is 13.0. The van der Waals surface area contributed by atoms with E-state index in [1.54, 1.807) is 42.5 Å². The molecule has 0 saturated carbocycles. The van der Waals surface area contributed by atoms with Crippen molar-refractivity contribution in [2.24, 2.45) is 0 Å². The molecule has 0 spiro atoms. The number of fused-ring (bicyclic) bond motifs is 1. The van der Waals surface area contributed by atoms with Crippen molar-refractivity contribution in [3.05, 3.63) is 82.5 Å². The molecule has 0 bridgehead atoms. The van der Waals surface area contributed by atoms with Crippen molar-refractivity contribution in [1.29, 1.82) is 5.26 Å². The van der Waals surface area contributed by atoms with Gasteiger partial charge < -0.3 is 4.52 Å². The maximum Gasteiger partial charge on any atom is 0.243 e. The van der Waals surface area contributed by atoms with E-state index in [-0.39, 0.29) is 11.4 Å². The zero-order valence-electron chi connectivity index (χ0n) is 19.0. The van der Waals surface area contributed by atoms with Gasteiger partial charge in [-0.3, -0.25) is 4.79 Å². The summed E-state index contributed by atoms with van der Waals surface area (Å²) < 4.78 is 33.7. The Morgan fingerprint density at radius 3 is 2.56 bits per heavy atom. The van der Waals surface area contributed by atoms with Crippen LogP contribution in [0.4, 0.5) is 0 Å². The van der Waals surface area contributed by atoms with E-state index < -0.39 is 18.2 Å². The summed E-state index contributed by atoms with van der Waals surface area (Å²) in [6.07, 6.45) is 8.28. The first-order chi connectivity index (χ1) is 16.3. The SMILES string of the molecule is CC/C=C\C=C/CS(=O)(=O)n1c(C=O)c(P(OC)c2cc(C)cc(C#N)c2)c2cc(Cl)ccc21. The number of aryl methyl sites for hydroxylation is 1. The minimum atomic E-state index is -3.93. The van der Waals surface area contributed by atoms with Crippen molar-refractivity contribution >= 4 is 57.6 Å². The number of nitrogens with zero attached hydrogens (tertiary/aromatic N) is 2. The second-order valence-electron chi connectivity index (χ2n) is 7.47. The largest absolute Gasteiger partial charge is 0.353 e. The highest BCUT2D eigenvalue weighted by Gasteiger charge is 2.30. The zero-order valence-corrected chi connectivity index (χ0v) is 21.5. The van der Waals surface area contributed by atoms with Gasteiger partial charge in [0.2, 0.25) is 10.0 Å². The van der Waals surface area contributed by atoms with Crippen LogP contribution in [0.15, 0.2) is 60.7 Å². The van der Waals surface area contributed by atoms with E-state index >= 15 is 0 Å². The molecule has 0 aliphatic rings. The molecule has 1 heterocycles. The standard InChI is InChI=1S/C25H24ClN2O4PS/c1-4-5-6-7-8-11-34(30,31)28-23-10-9-20(26)15-22(23)25(24(28)17-29)33(32-3)21-13-18(2)12-19(14-21)16-27/h5-10,12-15,17H,4,11H2,1-3H3/b6-5-,8-7-. The Balaban J connectivity index is 2.30. The quantitative estimate of drug-likeness (QED) is 0.228. The van der Waals surface area contributed by atoms with Gasteiger partial charge in [-0.1, -0.05) is 42.8 Å². The number of halogens is 1. The summed E-state index contributed by atoms with van der Waals surface area (Å²) in [5, 5.41) is 11.5. The molecule has 2 aromatic carbocycles. The highest BCUT2D eigenvalue weighted by atomic mass is 35.5.